The van der Waals surface area contributed by atoms with Gasteiger partial charge < -0.3 is 9.73 Å². The van der Waals surface area contributed by atoms with E-state index in [0.29, 0.717) is 22.3 Å². The van der Waals surface area contributed by atoms with Gasteiger partial charge in [0.1, 0.15) is 10.9 Å². The van der Waals surface area contributed by atoms with Crippen LogP contribution in [0, 0.1) is 6.92 Å². The van der Waals surface area contributed by atoms with E-state index >= 15 is 0 Å². The Balaban J connectivity index is 2.16. The van der Waals surface area contributed by atoms with Crippen molar-refractivity contribution in [2.75, 3.05) is 5.32 Å². The number of aromatic nitrogens is 1. The van der Waals surface area contributed by atoms with Crippen LogP contribution in [-0.2, 0) is 6.42 Å². The summed E-state index contributed by atoms with van der Waals surface area (Å²) in [5.74, 6) is 0.786. The Bertz CT molecular complexity index is 578. The molecule has 0 spiro atoms. The number of rotatable bonds is 3. The zero-order valence-electron chi connectivity index (χ0n) is 10.2. The summed E-state index contributed by atoms with van der Waals surface area (Å²) < 4.78 is 5.37. The third kappa shape index (κ3) is 2.71. The number of carbonyl (C=O) groups excluding carboxylic acids is 1. The van der Waals surface area contributed by atoms with Gasteiger partial charge in [0.15, 0.2) is 5.76 Å². The summed E-state index contributed by atoms with van der Waals surface area (Å²) in [6.45, 7) is 3.74. The minimum atomic E-state index is -0.290. The molecule has 0 saturated carbocycles. The van der Waals surface area contributed by atoms with Crippen molar-refractivity contribution in [2.24, 2.45) is 0 Å². The highest BCUT2D eigenvalue weighted by atomic mass is 35.5. The Hall–Kier alpha value is -1.81. The van der Waals surface area contributed by atoms with Gasteiger partial charge in [-0.3, -0.25) is 4.79 Å². The molecular weight excluding hydrogens is 252 g/mol. The van der Waals surface area contributed by atoms with Crippen LogP contribution in [0.1, 0.15) is 28.9 Å². The lowest BCUT2D eigenvalue weighted by atomic mass is 10.3. The highest BCUT2D eigenvalue weighted by Crippen LogP contribution is 2.17. The average molecular weight is 265 g/mol. The molecule has 0 aromatic carbocycles. The Morgan fingerprint density at radius 1 is 1.39 bits per heavy atom. The lowest BCUT2D eigenvalue weighted by Gasteiger charge is -2.06. The number of hydrogen-bond donors (Lipinski definition) is 1. The van der Waals surface area contributed by atoms with Crippen LogP contribution in [0.5, 0.6) is 0 Å². The smallest absolute Gasteiger partial charge is 0.291 e. The zero-order valence-corrected chi connectivity index (χ0v) is 10.9. The van der Waals surface area contributed by atoms with E-state index in [4.69, 9.17) is 16.0 Å². The Kier molecular flexibility index (Phi) is 3.67. The van der Waals surface area contributed by atoms with Gasteiger partial charge >= 0.3 is 0 Å². The van der Waals surface area contributed by atoms with Crippen LogP contribution in [0.2, 0.25) is 5.15 Å². The average Bonchev–Trinajstić information content (AvgIpc) is 2.81. The highest BCUT2D eigenvalue weighted by molar-refractivity contribution is 6.29. The second-order valence-electron chi connectivity index (χ2n) is 3.84. The van der Waals surface area contributed by atoms with Crippen LogP contribution in [0.3, 0.4) is 0 Å². The molecule has 2 aromatic rings. The van der Waals surface area contributed by atoms with Crippen molar-refractivity contribution in [3.8, 4) is 0 Å². The van der Waals surface area contributed by atoms with Gasteiger partial charge in [0.25, 0.3) is 5.91 Å². The van der Waals surface area contributed by atoms with Gasteiger partial charge in [-0.05, 0) is 31.2 Å². The summed E-state index contributed by atoms with van der Waals surface area (Å²) in [5.41, 5.74) is 1.29. The predicted molar refractivity (Wildman–Crippen MR) is 70.0 cm³/mol. The summed E-state index contributed by atoms with van der Waals surface area (Å²) in [6, 6.07) is 6.80. The number of amides is 1. The van der Waals surface area contributed by atoms with Gasteiger partial charge in [0.2, 0.25) is 0 Å². The molecule has 0 radical (unpaired) electrons. The van der Waals surface area contributed by atoms with Crippen molar-refractivity contribution in [3.63, 3.8) is 0 Å². The van der Waals surface area contributed by atoms with Gasteiger partial charge in [-0.1, -0.05) is 18.5 Å². The standard InChI is InChI=1S/C13H13ClN2O2/c1-3-9-4-6-11(18-9)13(17)16-10-5-7-12(14)15-8(10)2/h4-7H,3H2,1-2H3,(H,16,17). The molecule has 0 bridgehead atoms. The fourth-order valence-corrected chi connectivity index (χ4v) is 1.73. The maximum Gasteiger partial charge on any atom is 0.291 e. The third-order valence-electron chi connectivity index (χ3n) is 2.53. The Labute approximate surface area is 110 Å². The van der Waals surface area contributed by atoms with Gasteiger partial charge in [-0.15, -0.1) is 0 Å². The largest absolute Gasteiger partial charge is 0.456 e. The molecule has 18 heavy (non-hydrogen) atoms. The summed E-state index contributed by atoms with van der Waals surface area (Å²) in [5, 5.41) is 3.14. The number of aryl methyl sites for hydroxylation is 2. The maximum atomic E-state index is 11.9. The Morgan fingerprint density at radius 2 is 2.17 bits per heavy atom. The van der Waals surface area contributed by atoms with E-state index in [2.05, 4.69) is 10.3 Å². The molecular formula is C13H13ClN2O2. The van der Waals surface area contributed by atoms with Gasteiger partial charge in [0.05, 0.1) is 11.4 Å². The van der Waals surface area contributed by atoms with E-state index in [1.807, 2.05) is 6.92 Å². The second-order valence-corrected chi connectivity index (χ2v) is 4.23. The quantitative estimate of drug-likeness (QED) is 0.864. The number of pyridine rings is 1. The van der Waals surface area contributed by atoms with E-state index in [1.54, 1.807) is 31.2 Å². The molecule has 0 aliphatic rings. The third-order valence-corrected chi connectivity index (χ3v) is 2.74. The number of carbonyl (C=O) groups is 1. The lowest BCUT2D eigenvalue weighted by molar-refractivity contribution is 0.0995. The first-order valence-corrected chi connectivity index (χ1v) is 6.01. The van der Waals surface area contributed by atoms with Crippen LogP contribution in [0.15, 0.2) is 28.7 Å². The lowest BCUT2D eigenvalue weighted by Crippen LogP contribution is -2.12. The highest BCUT2D eigenvalue weighted by Gasteiger charge is 2.12. The molecule has 2 rings (SSSR count). The van der Waals surface area contributed by atoms with Crippen molar-refractivity contribution in [3.05, 3.63) is 46.6 Å². The first-order valence-electron chi connectivity index (χ1n) is 5.63. The molecule has 4 nitrogen and oxygen atoms in total. The molecule has 0 aliphatic heterocycles. The summed E-state index contributed by atoms with van der Waals surface area (Å²) in [7, 11) is 0. The number of halogens is 1. The minimum absolute atomic E-state index is 0.290. The van der Waals surface area contributed by atoms with Crippen LogP contribution >= 0.6 is 11.6 Å². The van der Waals surface area contributed by atoms with E-state index in [0.717, 1.165) is 12.2 Å². The SMILES string of the molecule is CCc1ccc(C(=O)Nc2ccc(Cl)nc2C)o1. The molecule has 0 fully saturated rings. The van der Waals surface area contributed by atoms with Crippen LogP contribution < -0.4 is 5.32 Å². The minimum Gasteiger partial charge on any atom is -0.456 e. The number of nitrogens with zero attached hydrogens (tertiary/aromatic N) is 1. The molecule has 0 aliphatic carbocycles. The second kappa shape index (κ2) is 5.23. The van der Waals surface area contributed by atoms with E-state index < -0.39 is 0 Å². The predicted octanol–water partition coefficient (Wildman–Crippen LogP) is 3.45. The number of furan rings is 1. The zero-order chi connectivity index (χ0) is 13.1. The first kappa shape index (κ1) is 12.6. The molecule has 1 amide bonds. The normalized spacial score (nSPS) is 10.4. The van der Waals surface area contributed by atoms with E-state index in [9.17, 15) is 4.79 Å². The molecule has 5 heteroatoms. The topological polar surface area (TPSA) is 55.1 Å². The molecule has 0 saturated heterocycles. The van der Waals surface area contributed by atoms with E-state index in [1.165, 1.54) is 0 Å². The fraction of sp³-hybridized carbons (Fsp3) is 0.231. The van der Waals surface area contributed by atoms with Crippen molar-refractivity contribution >= 4 is 23.2 Å². The summed E-state index contributed by atoms with van der Waals surface area (Å²) >= 11 is 5.75. The molecule has 0 unspecified atom stereocenters. The molecule has 2 aromatic heterocycles. The molecule has 94 valence electrons. The summed E-state index contributed by atoms with van der Waals surface area (Å²) in [6.07, 6.45) is 0.759. The number of hydrogen-bond acceptors (Lipinski definition) is 3. The fourth-order valence-electron chi connectivity index (χ4n) is 1.54. The molecule has 0 atom stereocenters. The Morgan fingerprint density at radius 3 is 2.78 bits per heavy atom. The van der Waals surface area contributed by atoms with Gasteiger partial charge in [-0.2, -0.15) is 0 Å². The molecule has 1 N–H and O–H groups in total. The van der Waals surface area contributed by atoms with Gasteiger partial charge in [0, 0.05) is 6.42 Å². The first-order chi connectivity index (χ1) is 8.60. The number of nitrogens with one attached hydrogen (secondary N) is 1. The van der Waals surface area contributed by atoms with E-state index in [-0.39, 0.29) is 5.91 Å². The van der Waals surface area contributed by atoms with Crippen molar-refractivity contribution in [2.45, 2.75) is 20.3 Å². The van der Waals surface area contributed by atoms with Crippen molar-refractivity contribution < 1.29 is 9.21 Å². The maximum absolute atomic E-state index is 11.9. The van der Waals surface area contributed by atoms with Crippen LogP contribution in [0.25, 0.3) is 0 Å². The van der Waals surface area contributed by atoms with Crippen LogP contribution in [-0.4, -0.2) is 10.9 Å². The molecule has 2 heterocycles. The van der Waals surface area contributed by atoms with Crippen LogP contribution in [0.4, 0.5) is 5.69 Å². The van der Waals surface area contributed by atoms with Crippen molar-refractivity contribution in [1.29, 1.82) is 0 Å². The monoisotopic (exact) mass is 264 g/mol. The van der Waals surface area contributed by atoms with Crippen molar-refractivity contribution in [1.82, 2.24) is 4.98 Å². The summed E-state index contributed by atoms with van der Waals surface area (Å²) in [4.78, 5) is 16.0. The van der Waals surface area contributed by atoms with Gasteiger partial charge in [-0.25, -0.2) is 4.98 Å². The number of anilines is 1.